The largest absolute Gasteiger partial charge is 0.469 e. The van der Waals surface area contributed by atoms with Crippen molar-refractivity contribution < 1.29 is 18.7 Å². The van der Waals surface area contributed by atoms with Crippen LogP contribution in [0.3, 0.4) is 0 Å². The van der Waals surface area contributed by atoms with Crippen molar-refractivity contribution in [1.29, 1.82) is 0 Å². The van der Waals surface area contributed by atoms with E-state index in [4.69, 9.17) is 4.42 Å². The first-order valence-electron chi connectivity index (χ1n) is 6.76. The fraction of sp³-hybridized carbons (Fsp3) is 0.312. The number of nitrogens with one attached hydrogen (secondary N) is 1. The molecule has 21 heavy (non-hydrogen) atoms. The molecule has 5 heteroatoms. The Hall–Kier alpha value is -2.14. The van der Waals surface area contributed by atoms with E-state index >= 15 is 0 Å². The van der Waals surface area contributed by atoms with Crippen LogP contribution in [0.5, 0.6) is 0 Å². The van der Waals surface area contributed by atoms with Crippen molar-refractivity contribution in [2.24, 2.45) is 0 Å². The van der Waals surface area contributed by atoms with Crippen LogP contribution in [0.1, 0.15) is 41.1 Å². The van der Waals surface area contributed by atoms with Crippen LogP contribution in [-0.4, -0.2) is 17.1 Å². The highest BCUT2D eigenvalue weighted by Gasteiger charge is 2.17. The first kappa shape index (κ1) is 15.3. The summed E-state index contributed by atoms with van der Waals surface area (Å²) in [4.78, 5) is 12.0. The van der Waals surface area contributed by atoms with E-state index < -0.39 is 6.10 Å². The van der Waals surface area contributed by atoms with Gasteiger partial charge in [0.25, 0.3) is 5.91 Å². The van der Waals surface area contributed by atoms with Gasteiger partial charge in [0.1, 0.15) is 11.6 Å². The van der Waals surface area contributed by atoms with Crippen LogP contribution < -0.4 is 5.32 Å². The number of hydrogen-bond donors (Lipinski definition) is 2. The lowest BCUT2D eigenvalue weighted by atomic mass is 10.0. The molecule has 0 saturated heterocycles. The minimum absolute atomic E-state index is 0.230. The van der Waals surface area contributed by atoms with E-state index in [9.17, 15) is 14.3 Å². The lowest BCUT2D eigenvalue weighted by Gasteiger charge is -2.18. The maximum absolute atomic E-state index is 12.8. The van der Waals surface area contributed by atoms with Crippen LogP contribution >= 0.6 is 0 Å². The smallest absolute Gasteiger partial charge is 0.255 e. The first-order valence-corrected chi connectivity index (χ1v) is 6.76. The summed E-state index contributed by atoms with van der Waals surface area (Å²) in [6.07, 6.45) is 1.04. The standard InChI is InChI=1S/C16H18FNO3/c1-10(18-16(20)14-7-8-21-11(14)2)9-15(19)12-3-5-13(17)6-4-12/h3-8,10,15,19H,9H2,1-2H3,(H,18,20). The van der Waals surface area contributed by atoms with Gasteiger partial charge in [-0.2, -0.15) is 0 Å². The Kier molecular flexibility index (Phi) is 4.75. The molecule has 1 amide bonds. The maximum atomic E-state index is 12.8. The number of aliphatic hydroxyl groups excluding tert-OH is 1. The summed E-state index contributed by atoms with van der Waals surface area (Å²) in [5.41, 5.74) is 1.11. The highest BCUT2D eigenvalue weighted by atomic mass is 19.1. The SMILES string of the molecule is Cc1occc1C(=O)NC(C)CC(O)c1ccc(F)cc1. The van der Waals surface area contributed by atoms with Crippen molar-refractivity contribution in [3.63, 3.8) is 0 Å². The number of furan rings is 1. The Bertz CT molecular complexity index is 606. The van der Waals surface area contributed by atoms with Gasteiger partial charge in [-0.25, -0.2) is 4.39 Å². The third kappa shape index (κ3) is 3.92. The van der Waals surface area contributed by atoms with Crippen LogP contribution in [0, 0.1) is 12.7 Å². The van der Waals surface area contributed by atoms with E-state index in [0.717, 1.165) is 0 Å². The topological polar surface area (TPSA) is 62.5 Å². The zero-order valence-electron chi connectivity index (χ0n) is 12.0. The lowest BCUT2D eigenvalue weighted by molar-refractivity contribution is 0.0915. The van der Waals surface area contributed by atoms with Gasteiger partial charge >= 0.3 is 0 Å². The van der Waals surface area contributed by atoms with Crippen molar-refractivity contribution in [3.05, 3.63) is 59.3 Å². The third-order valence-corrected chi connectivity index (χ3v) is 3.31. The number of rotatable bonds is 5. The predicted octanol–water partition coefficient (Wildman–Crippen LogP) is 2.97. The lowest BCUT2D eigenvalue weighted by Crippen LogP contribution is -2.33. The van der Waals surface area contributed by atoms with E-state index in [0.29, 0.717) is 23.3 Å². The minimum Gasteiger partial charge on any atom is -0.469 e. The van der Waals surface area contributed by atoms with E-state index in [1.54, 1.807) is 19.9 Å². The molecule has 0 bridgehead atoms. The summed E-state index contributed by atoms with van der Waals surface area (Å²) in [7, 11) is 0. The molecule has 0 spiro atoms. The molecule has 2 unspecified atom stereocenters. The van der Waals surface area contributed by atoms with E-state index in [1.165, 1.54) is 30.5 Å². The predicted molar refractivity (Wildman–Crippen MR) is 76.4 cm³/mol. The fourth-order valence-electron chi connectivity index (χ4n) is 2.14. The molecule has 2 atom stereocenters. The van der Waals surface area contributed by atoms with Crippen molar-refractivity contribution in [2.75, 3.05) is 0 Å². The van der Waals surface area contributed by atoms with Gasteiger partial charge in [0.15, 0.2) is 0 Å². The number of carbonyl (C=O) groups is 1. The highest BCUT2D eigenvalue weighted by Crippen LogP contribution is 2.19. The number of hydrogen-bond acceptors (Lipinski definition) is 3. The second-order valence-corrected chi connectivity index (χ2v) is 5.07. The van der Waals surface area contributed by atoms with Crippen LogP contribution in [0.2, 0.25) is 0 Å². The molecule has 0 aliphatic carbocycles. The molecule has 0 fully saturated rings. The third-order valence-electron chi connectivity index (χ3n) is 3.31. The molecule has 2 rings (SSSR count). The number of aryl methyl sites for hydroxylation is 1. The van der Waals surface area contributed by atoms with E-state index in [-0.39, 0.29) is 17.8 Å². The van der Waals surface area contributed by atoms with Gasteiger partial charge in [-0.1, -0.05) is 12.1 Å². The van der Waals surface area contributed by atoms with Gasteiger partial charge in [-0.05, 0) is 44.0 Å². The second-order valence-electron chi connectivity index (χ2n) is 5.07. The van der Waals surface area contributed by atoms with Crippen LogP contribution in [0.15, 0.2) is 41.0 Å². The summed E-state index contributed by atoms with van der Waals surface area (Å²) in [5.74, 6) is -0.0263. The number of aliphatic hydroxyl groups is 1. The molecule has 2 aromatic rings. The zero-order valence-corrected chi connectivity index (χ0v) is 12.0. The fourth-order valence-corrected chi connectivity index (χ4v) is 2.14. The zero-order chi connectivity index (χ0) is 15.4. The van der Waals surface area contributed by atoms with Crippen LogP contribution in [-0.2, 0) is 0 Å². The molecule has 1 aromatic heterocycles. The van der Waals surface area contributed by atoms with Gasteiger partial charge in [0.2, 0.25) is 0 Å². The molecule has 4 nitrogen and oxygen atoms in total. The van der Waals surface area contributed by atoms with Gasteiger partial charge in [-0.3, -0.25) is 4.79 Å². The van der Waals surface area contributed by atoms with Crippen LogP contribution in [0.4, 0.5) is 4.39 Å². The molecule has 0 radical (unpaired) electrons. The number of benzene rings is 1. The van der Waals surface area contributed by atoms with Gasteiger partial charge < -0.3 is 14.8 Å². The molecule has 112 valence electrons. The minimum atomic E-state index is -0.758. The van der Waals surface area contributed by atoms with Crippen molar-refractivity contribution in [3.8, 4) is 0 Å². The normalized spacial score (nSPS) is 13.7. The Morgan fingerprint density at radius 3 is 2.57 bits per heavy atom. The average Bonchev–Trinajstić information content (AvgIpc) is 2.85. The summed E-state index contributed by atoms with van der Waals surface area (Å²) in [5, 5.41) is 12.9. The monoisotopic (exact) mass is 291 g/mol. The number of carbonyl (C=O) groups excluding carboxylic acids is 1. The molecular formula is C16H18FNO3. The number of amides is 1. The summed E-state index contributed by atoms with van der Waals surface area (Å²) < 4.78 is 17.9. The van der Waals surface area contributed by atoms with Gasteiger partial charge in [0, 0.05) is 6.04 Å². The Labute approximate surface area is 122 Å². The van der Waals surface area contributed by atoms with E-state index in [1.807, 2.05) is 0 Å². The molecular weight excluding hydrogens is 273 g/mol. The van der Waals surface area contributed by atoms with Gasteiger partial charge in [-0.15, -0.1) is 0 Å². The first-order chi connectivity index (χ1) is 9.97. The quantitative estimate of drug-likeness (QED) is 0.890. The molecule has 1 aromatic carbocycles. The maximum Gasteiger partial charge on any atom is 0.255 e. The van der Waals surface area contributed by atoms with E-state index in [2.05, 4.69) is 5.32 Å². The Morgan fingerprint density at radius 1 is 1.33 bits per heavy atom. The van der Waals surface area contributed by atoms with Gasteiger partial charge in [0.05, 0.1) is 17.9 Å². The molecule has 2 N–H and O–H groups in total. The average molecular weight is 291 g/mol. The summed E-state index contributed by atoms with van der Waals surface area (Å²) in [6.45, 7) is 3.52. The second kappa shape index (κ2) is 6.54. The molecule has 0 aliphatic rings. The van der Waals surface area contributed by atoms with Crippen molar-refractivity contribution in [1.82, 2.24) is 5.32 Å². The molecule has 1 heterocycles. The Balaban J connectivity index is 1.92. The van der Waals surface area contributed by atoms with Crippen molar-refractivity contribution >= 4 is 5.91 Å². The van der Waals surface area contributed by atoms with Crippen LogP contribution in [0.25, 0.3) is 0 Å². The molecule has 0 saturated carbocycles. The Morgan fingerprint density at radius 2 is 2.00 bits per heavy atom. The highest BCUT2D eigenvalue weighted by molar-refractivity contribution is 5.95. The summed E-state index contributed by atoms with van der Waals surface area (Å²) in [6, 6.07) is 7.05. The molecule has 0 aliphatic heterocycles. The summed E-state index contributed by atoms with van der Waals surface area (Å²) >= 11 is 0. The van der Waals surface area contributed by atoms with Crippen molar-refractivity contribution in [2.45, 2.75) is 32.4 Å². The number of halogens is 1.